The minimum atomic E-state index is -0.367. The SMILES string of the molecule is CCc1cc(Cl)c(CC)c(F)c1Cl. The molecule has 72 valence electrons. The first kappa shape index (κ1) is 10.8. The molecule has 0 bridgehead atoms. The van der Waals surface area contributed by atoms with Gasteiger partial charge in [0.1, 0.15) is 5.82 Å². The van der Waals surface area contributed by atoms with Gasteiger partial charge in [-0.2, -0.15) is 0 Å². The molecule has 0 radical (unpaired) electrons. The van der Waals surface area contributed by atoms with Crippen molar-refractivity contribution in [3.05, 3.63) is 33.1 Å². The number of benzene rings is 1. The largest absolute Gasteiger partial charge is 0.205 e. The summed E-state index contributed by atoms with van der Waals surface area (Å²) in [5.41, 5.74) is 1.27. The molecule has 0 atom stereocenters. The first-order valence-electron chi connectivity index (χ1n) is 4.27. The molecule has 0 heterocycles. The molecule has 0 spiro atoms. The highest BCUT2D eigenvalue weighted by Crippen LogP contribution is 2.30. The van der Waals surface area contributed by atoms with Crippen molar-refractivity contribution in [2.75, 3.05) is 0 Å². The number of halogens is 3. The van der Waals surface area contributed by atoms with Crippen molar-refractivity contribution in [1.82, 2.24) is 0 Å². The van der Waals surface area contributed by atoms with Gasteiger partial charge in [0.05, 0.1) is 5.02 Å². The van der Waals surface area contributed by atoms with Crippen LogP contribution in [0, 0.1) is 5.82 Å². The van der Waals surface area contributed by atoms with E-state index in [1.165, 1.54) is 0 Å². The van der Waals surface area contributed by atoms with E-state index < -0.39 is 0 Å². The number of hydrogen-bond acceptors (Lipinski definition) is 0. The molecule has 1 aromatic carbocycles. The third kappa shape index (κ3) is 1.97. The highest BCUT2D eigenvalue weighted by atomic mass is 35.5. The van der Waals surface area contributed by atoms with Crippen LogP contribution in [0.5, 0.6) is 0 Å². The lowest BCUT2D eigenvalue weighted by Gasteiger charge is -2.08. The lowest BCUT2D eigenvalue weighted by atomic mass is 10.1. The third-order valence-electron chi connectivity index (χ3n) is 2.06. The summed E-state index contributed by atoms with van der Waals surface area (Å²) in [5.74, 6) is -0.367. The molecule has 1 rings (SSSR count). The standard InChI is InChI=1S/C10H11Cl2F/c1-3-6-5-8(11)7(4-2)10(13)9(6)12/h5H,3-4H2,1-2H3. The van der Waals surface area contributed by atoms with Crippen molar-refractivity contribution in [2.45, 2.75) is 26.7 Å². The van der Waals surface area contributed by atoms with E-state index in [4.69, 9.17) is 23.2 Å². The molecule has 0 aromatic heterocycles. The van der Waals surface area contributed by atoms with E-state index in [0.29, 0.717) is 23.4 Å². The van der Waals surface area contributed by atoms with Gasteiger partial charge in [-0.05, 0) is 24.5 Å². The van der Waals surface area contributed by atoms with Gasteiger partial charge in [0.15, 0.2) is 0 Å². The van der Waals surface area contributed by atoms with Crippen molar-refractivity contribution in [3.63, 3.8) is 0 Å². The predicted octanol–water partition coefficient (Wildman–Crippen LogP) is 4.26. The fraction of sp³-hybridized carbons (Fsp3) is 0.400. The molecule has 0 unspecified atom stereocenters. The molecule has 0 aliphatic rings. The lowest BCUT2D eigenvalue weighted by Crippen LogP contribution is -1.95. The Kier molecular flexibility index (Phi) is 3.57. The van der Waals surface area contributed by atoms with Crippen LogP contribution in [0.15, 0.2) is 6.07 Å². The summed E-state index contributed by atoms with van der Waals surface area (Å²) in [6.07, 6.45) is 1.26. The van der Waals surface area contributed by atoms with Crippen LogP contribution in [0.4, 0.5) is 4.39 Å². The molecule has 0 saturated heterocycles. The van der Waals surface area contributed by atoms with E-state index in [2.05, 4.69) is 0 Å². The zero-order chi connectivity index (χ0) is 10.0. The van der Waals surface area contributed by atoms with Crippen LogP contribution in [-0.2, 0) is 12.8 Å². The summed E-state index contributed by atoms with van der Waals surface area (Å²) < 4.78 is 13.5. The minimum absolute atomic E-state index is 0.212. The van der Waals surface area contributed by atoms with Gasteiger partial charge in [-0.3, -0.25) is 0 Å². The summed E-state index contributed by atoms with van der Waals surface area (Å²) >= 11 is 11.7. The van der Waals surface area contributed by atoms with Gasteiger partial charge in [-0.1, -0.05) is 37.0 Å². The molecule has 0 saturated carbocycles. The van der Waals surface area contributed by atoms with E-state index in [0.717, 1.165) is 5.56 Å². The average Bonchev–Trinajstić information content (AvgIpc) is 2.12. The zero-order valence-corrected chi connectivity index (χ0v) is 9.14. The van der Waals surface area contributed by atoms with Crippen molar-refractivity contribution in [3.8, 4) is 0 Å². The minimum Gasteiger partial charge on any atom is -0.205 e. The van der Waals surface area contributed by atoms with Gasteiger partial charge in [-0.15, -0.1) is 0 Å². The van der Waals surface area contributed by atoms with Crippen LogP contribution in [0.25, 0.3) is 0 Å². The summed E-state index contributed by atoms with van der Waals surface area (Å²) in [5, 5.41) is 0.685. The Balaban J connectivity index is 3.37. The Morgan fingerprint density at radius 2 is 1.85 bits per heavy atom. The Labute approximate surface area is 87.7 Å². The van der Waals surface area contributed by atoms with E-state index in [-0.39, 0.29) is 10.8 Å². The highest BCUT2D eigenvalue weighted by Gasteiger charge is 2.13. The smallest absolute Gasteiger partial charge is 0.146 e. The van der Waals surface area contributed by atoms with Gasteiger partial charge in [-0.25, -0.2) is 4.39 Å². The first-order valence-corrected chi connectivity index (χ1v) is 5.02. The molecule has 1 aromatic rings. The Bertz CT molecular complexity index is 321. The molecule has 0 fully saturated rings. The summed E-state index contributed by atoms with van der Waals surface area (Å²) in [6, 6.07) is 1.74. The Morgan fingerprint density at radius 1 is 1.23 bits per heavy atom. The van der Waals surface area contributed by atoms with Crippen molar-refractivity contribution in [1.29, 1.82) is 0 Å². The maximum absolute atomic E-state index is 13.5. The van der Waals surface area contributed by atoms with Crippen molar-refractivity contribution < 1.29 is 4.39 Å². The average molecular weight is 221 g/mol. The van der Waals surface area contributed by atoms with Gasteiger partial charge in [0, 0.05) is 10.6 Å². The monoisotopic (exact) mass is 220 g/mol. The molecular weight excluding hydrogens is 210 g/mol. The van der Waals surface area contributed by atoms with Crippen molar-refractivity contribution in [2.24, 2.45) is 0 Å². The molecule has 0 aliphatic heterocycles. The van der Waals surface area contributed by atoms with Crippen molar-refractivity contribution >= 4 is 23.2 Å². The van der Waals surface area contributed by atoms with E-state index >= 15 is 0 Å². The predicted molar refractivity (Wildman–Crippen MR) is 55.2 cm³/mol. The highest BCUT2D eigenvalue weighted by molar-refractivity contribution is 6.34. The summed E-state index contributed by atoms with van der Waals surface area (Å²) in [4.78, 5) is 0. The normalized spacial score (nSPS) is 10.5. The van der Waals surface area contributed by atoms with Crippen LogP contribution in [-0.4, -0.2) is 0 Å². The topological polar surface area (TPSA) is 0 Å². The summed E-state index contributed by atoms with van der Waals surface area (Å²) in [7, 11) is 0. The molecule has 3 heteroatoms. The van der Waals surface area contributed by atoms with E-state index in [1.807, 2.05) is 13.8 Å². The van der Waals surface area contributed by atoms with Crippen LogP contribution >= 0.6 is 23.2 Å². The molecule has 0 amide bonds. The fourth-order valence-electron chi connectivity index (χ4n) is 1.26. The molecule has 0 aliphatic carbocycles. The van der Waals surface area contributed by atoms with Gasteiger partial charge >= 0.3 is 0 Å². The van der Waals surface area contributed by atoms with Gasteiger partial charge in [0.25, 0.3) is 0 Å². The third-order valence-corrected chi connectivity index (χ3v) is 2.81. The lowest BCUT2D eigenvalue weighted by molar-refractivity contribution is 0.610. The number of hydrogen-bond donors (Lipinski definition) is 0. The van der Waals surface area contributed by atoms with Crippen LogP contribution in [0.1, 0.15) is 25.0 Å². The second kappa shape index (κ2) is 4.30. The van der Waals surface area contributed by atoms with Gasteiger partial charge in [0.2, 0.25) is 0 Å². The second-order valence-corrected chi connectivity index (χ2v) is 3.62. The first-order chi connectivity index (χ1) is 6.11. The Morgan fingerprint density at radius 3 is 2.31 bits per heavy atom. The van der Waals surface area contributed by atoms with E-state index in [1.54, 1.807) is 6.07 Å². The zero-order valence-electron chi connectivity index (χ0n) is 7.63. The summed E-state index contributed by atoms with van der Waals surface area (Å²) in [6.45, 7) is 3.77. The molecule has 0 nitrogen and oxygen atoms in total. The number of rotatable bonds is 2. The van der Waals surface area contributed by atoms with E-state index in [9.17, 15) is 4.39 Å². The second-order valence-electron chi connectivity index (χ2n) is 2.83. The number of aryl methyl sites for hydroxylation is 1. The maximum Gasteiger partial charge on any atom is 0.146 e. The van der Waals surface area contributed by atoms with Crippen LogP contribution in [0.3, 0.4) is 0 Å². The fourth-order valence-corrected chi connectivity index (χ4v) is 1.91. The molecular formula is C10H11Cl2F. The quantitative estimate of drug-likeness (QED) is 0.654. The molecule has 13 heavy (non-hydrogen) atoms. The Hall–Kier alpha value is -0.270. The van der Waals surface area contributed by atoms with Crippen LogP contribution < -0.4 is 0 Å². The molecule has 0 N–H and O–H groups in total. The van der Waals surface area contributed by atoms with Crippen LogP contribution in [0.2, 0.25) is 10.0 Å². The maximum atomic E-state index is 13.5. The van der Waals surface area contributed by atoms with Gasteiger partial charge < -0.3 is 0 Å².